The first-order valence-electron chi connectivity index (χ1n) is 10.9. The number of fused-ring (bicyclic) bond motifs is 1. The normalized spacial score (nSPS) is 17.8. The van der Waals surface area contributed by atoms with Crippen molar-refractivity contribution in [1.29, 1.82) is 0 Å². The van der Waals surface area contributed by atoms with Crippen molar-refractivity contribution < 1.29 is 4.79 Å². The molecule has 5 rings (SSSR count). The van der Waals surface area contributed by atoms with E-state index in [9.17, 15) is 4.79 Å². The third-order valence-corrected chi connectivity index (χ3v) is 6.98. The number of amides is 1. The van der Waals surface area contributed by atoms with Gasteiger partial charge in [0.1, 0.15) is 5.71 Å². The molecule has 1 amide bonds. The van der Waals surface area contributed by atoms with Gasteiger partial charge in [0.2, 0.25) is 0 Å². The molecule has 2 heterocycles. The zero-order chi connectivity index (χ0) is 22.1. The molecule has 32 heavy (non-hydrogen) atoms. The second-order valence-electron chi connectivity index (χ2n) is 8.23. The summed E-state index contributed by atoms with van der Waals surface area (Å²) in [5.74, 6) is -0.0339. The van der Waals surface area contributed by atoms with Gasteiger partial charge in [-0.1, -0.05) is 58.4 Å². The van der Waals surface area contributed by atoms with Crippen molar-refractivity contribution in [2.24, 2.45) is 4.99 Å². The molecule has 6 heteroatoms. The number of para-hydroxylation sites is 2. The van der Waals surface area contributed by atoms with Crippen LogP contribution in [0.25, 0.3) is 0 Å². The molecule has 0 bridgehead atoms. The fourth-order valence-corrected chi connectivity index (χ4v) is 4.64. The Kier molecular flexibility index (Phi) is 5.81. The van der Waals surface area contributed by atoms with Crippen LogP contribution in [0.15, 0.2) is 82.3 Å². The van der Waals surface area contributed by atoms with E-state index in [1.54, 1.807) is 0 Å². The molecule has 0 aromatic heterocycles. The van der Waals surface area contributed by atoms with Gasteiger partial charge in [0.05, 0.1) is 18.0 Å². The molecule has 0 unspecified atom stereocenters. The van der Waals surface area contributed by atoms with Crippen LogP contribution in [0.1, 0.15) is 11.1 Å². The summed E-state index contributed by atoms with van der Waals surface area (Å²) in [4.78, 5) is 24.8. The Morgan fingerprint density at radius 2 is 1.62 bits per heavy atom. The number of carbonyl (C=O) groups is 1. The van der Waals surface area contributed by atoms with Crippen LogP contribution in [0, 0.1) is 6.92 Å². The lowest BCUT2D eigenvalue weighted by Crippen LogP contribution is -2.51. The minimum Gasteiger partial charge on any atom is -0.369 e. The number of aliphatic imine (C=N–C) groups is 1. The van der Waals surface area contributed by atoms with Gasteiger partial charge in [0.15, 0.2) is 0 Å². The van der Waals surface area contributed by atoms with Gasteiger partial charge in [-0.25, -0.2) is 4.99 Å². The highest BCUT2D eigenvalue weighted by atomic mass is 79.9. The fourth-order valence-electron chi connectivity index (χ4n) is 4.28. The number of carbonyl (C=O) groups excluding carboxylic acids is 1. The Balaban J connectivity index is 1.35. The number of benzene rings is 3. The van der Waals surface area contributed by atoms with Crippen molar-refractivity contribution in [2.75, 3.05) is 42.6 Å². The number of nitrogens with zero attached hydrogens (tertiary/aromatic N) is 4. The van der Waals surface area contributed by atoms with E-state index in [0.717, 1.165) is 53.2 Å². The number of hydrogen-bond acceptors (Lipinski definition) is 4. The summed E-state index contributed by atoms with van der Waals surface area (Å²) in [5, 5.41) is 0. The van der Waals surface area contributed by atoms with Crippen molar-refractivity contribution >= 4 is 44.6 Å². The first kappa shape index (κ1) is 20.9. The van der Waals surface area contributed by atoms with E-state index in [1.165, 1.54) is 5.69 Å². The first-order chi connectivity index (χ1) is 15.6. The van der Waals surface area contributed by atoms with Crippen LogP contribution in [-0.4, -0.2) is 49.4 Å². The monoisotopic (exact) mass is 488 g/mol. The molecule has 3 aromatic rings. The summed E-state index contributed by atoms with van der Waals surface area (Å²) in [5.41, 5.74) is 5.53. The maximum atomic E-state index is 13.4. The SMILES string of the molecule is Cc1ccc(N=C2C(=O)N(CN3CCN(c4ccccc4)CC3)c3ccccc32)cc1Br. The van der Waals surface area contributed by atoms with Gasteiger partial charge in [-0.2, -0.15) is 0 Å². The van der Waals surface area contributed by atoms with Crippen molar-refractivity contribution in [3.8, 4) is 0 Å². The highest BCUT2D eigenvalue weighted by Gasteiger charge is 2.35. The molecule has 0 atom stereocenters. The highest BCUT2D eigenvalue weighted by molar-refractivity contribution is 9.10. The molecule has 1 saturated heterocycles. The lowest BCUT2D eigenvalue weighted by molar-refractivity contribution is -0.112. The third-order valence-electron chi connectivity index (χ3n) is 6.13. The van der Waals surface area contributed by atoms with E-state index in [1.807, 2.05) is 60.4 Å². The van der Waals surface area contributed by atoms with Crippen LogP contribution in [0.2, 0.25) is 0 Å². The Labute approximate surface area is 197 Å². The highest BCUT2D eigenvalue weighted by Crippen LogP contribution is 2.32. The molecule has 0 aliphatic carbocycles. The number of halogens is 1. The van der Waals surface area contributed by atoms with Gasteiger partial charge in [-0.05, 0) is 42.8 Å². The Bertz CT molecular complexity index is 1170. The fraction of sp³-hybridized carbons (Fsp3) is 0.231. The molecule has 3 aromatic carbocycles. The topological polar surface area (TPSA) is 39.2 Å². The van der Waals surface area contributed by atoms with Crippen LogP contribution >= 0.6 is 15.9 Å². The Hall–Kier alpha value is -2.96. The van der Waals surface area contributed by atoms with E-state index in [4.69, 9.17) is 4.99 Å². The van der Waals surface area contributed by atoms with Gasteiger partial charge in [-0.15, -0.1) is 0 Å². The van der Waals surface area contributed by atoms with Crippen molar-refractivity contribution in [2.45, 2.75) is 6.92 Å². The summed E-state index contributed by atoms with van der Waals surface area (Å²) >= 11 is 3.57. The van der Waals surface area contributed by atoms with Gasteiger partial charge < -0.3 is 4.90 Å². The number of hydrogen-bond donors (Lipinski definition) is 0. The molecule has 1 fully saturated rings. The van der Waals surface area contributed by atoms with Crippen LogP contribution < -0.4 is 9.80 Å². The zero-order valence-electron chi connectivity index (χ0n) is 18.0. The maximum Gasteiger partial charge on any atom is 0.278 e. The Morgan fingerprint density at radius 3 is 2.38 bits per heavy atom. The van der Waals surface area contributed by atoms with Gasteiger partial charge in [0.25, 0.3) is 5.91 Å². The number of aryl methyl sites for hydroxylation is 1. The van der Waals surface area contributed by atoms with E-state index in [2.05, 4.69) is 50.0 Å². The van der Waals surface area contributed by atoms with E-state index in [-0.39, 0.29) is 5.91 Å². The molecule has 162 valence electrons. The minimum atomic E-state index is -0.0339. The van der Waals surface area contributed by atoms with E-state index >= 15 is 0 Å². The summed E-state index contributed by atoms with van der Waals surface area (Å²) in [6, 6.07) is 24.4. The van der Waals surface area contributed by atoms with Crippen LogP contribution in [0.5, 0.6) is 0 Å². The number of rotatable bonds is 4. The summed E-state index contributed by atoms with van der Waals surface area (Å²) in [6.07, 6.45) is 0. The molecule has 0 N–H and O–H groups in total. The minimum absolute atomic E-state index is 0.0339. The molecular formula is C26H25BrN4O. The maximum absolute atomic E-state index is 13.4. The third kappa shape index (κ3) is 4.08. The van der Waals surface area contributed by atoms with Crippen LogP contribution in [-0.2, 0) is 4.79 Å². The lowest BCUT2D eigenvalue weighted by atomic mass is 10.1. The van der Waals surface area contributed by atoms with E-state index < -0.39 is 0 Å². The predicted octanol–water partition coefficient (Wildman–Crippen LogP) is 5.00. The molecular weight excluding hydrogens is 464 g/mol. The summed E-state index contributed by atoms with van der Waals surface area (Å²) < 4.78 is 0.992. The standard InChI is InChI=1S/C26H25BrN4O/c1-19-11-12-20(17-23(19)27)28-25-22-9-5-6-10-24(22)31(26(25)32)18-29-13-15-30(16-14-29)21-7-3-2-4-8-21/h2-12,17H,13-16,18H2,1H3. The zero-order valence-corrected chi connectivity index (χ0v) is 19.6. The molecule has 2 aliphatic heterocycles. The molecule has 5 nitrogen and oxygen atoms in total. The van der Waals surface area contributed by atoms with Crippen LogP contribution in [0.4, 0.5) is 17.1 Å². The van der Waals surface area contributed by atoms with Crippen LogP contribution in [0.3, 0.4) is 0 Å². The van der Waals surface area contributed by atoms with Gasteiger partial charge in [0, 0.05) is 41.9 Å². The quantitative estimate of drug-likeness (QED) is 0.518. The molecule has 0 saturated carbocycles. The van der Waals surface area contributed by atoms with Crippen molar-refractivity contribution in [3.05, 3.63) is 88.4 Å². The van der Waals surface area contributed by atoms with Gasteiger partial charge in [-0.3, -0.25) is 14.6 Å². The summed E-state index contributed by atoms with van der Waals surface area (Å²) in [6.45, 7) is 6.35. The predicted molar refractivity (Wildman–Crippen MR) is 134 cm³/mol. The Morgan fingerprint density at radius 1 is 0.906 bits per heavy atom. The number of anilines is 2. The molecule has 0 radical (unpaired) electrons. The van der Waals surface area contributed by atoms with Crippen molar-refractivity contribution in [1.82, 2.24) is 4.90 Å². The molecule has 0 spiro atoms. The average Bonchev–Trinajstić information content (AvgIpc) is 3.08. The lowest BCUT2D eigenvalue weighted by Gasteiger charge is -2.37. The van der Waals surface area contributed by atoms with Gasteiger partial charge >= 0.3 is 0 Å². The van der Waals surface area contributed by atoms with E-state index in [0.29, 0.717) is 12.4 Å². The largest absolute Gasteiger partial charge is 0.369 e. The molecule has 2 aliphatic rings. The average molecular weight is 489 g/mol. The second-order valence-corrected chi connectivity index (χ2v) is 9.08. The smallest absolute Gasteiger partial charge is 0.278 e. The van der Waals surface area contributed by atoms with Crippen molar-refractivity contribution in [3.63, 3.8) is 0 Å². The first-order valence-corrected chi connectivity index (χ1v) is 11.7. The number of piperazine rings is 1. The summed E-state index contributed by atoms with van der Waals surface area (Å²) in [7, 11) is 0. The second kappa shape index (κ2) is 8.88.